The molecule has 0 spiro atoms. The fourth-order valence-electron chi connectivity index (χ4n) is 3.88. The van der Waals surface area contributed by atoms with Gasteiger partial charge >= 0.3 is 0 Å². The fraction of sp³-hybridized carbons (Fsp3) is 0.318. The van der Waals surface area contributed by atoms with Crippen LogP contribution in [0.1, 0.15) is 30.9 Å². The summed E-state index contributed by atoms with van der Waals surface area (Å²) in [6, 6.07) is 14.9. The Kier molecular flexibility index (Phi) is 4.38. The minimum atomic E-state index is -0.626. The van der Waals surface area contributed by atoms with Crippen LogP contribution in [0, 0.1) is 17.1 Å². The summed E-state index contributed by atoms with van der Waals surface area (Å²) in [7, 11) is 0. The first-order valence-electron chi connectivity index (χ1n) is 9.32. The van der Waals surface area contributed by atoms with Gasteiger partial charge in [0.2, 0.25) is 11.8 Å². The van der Waals surface area contributed by atoms with Gasteiger partial charge in [0.25, 0.3) is 0 Å². The Morgan fingerprint density at radius 2 is 1.79 bits per heavy atom. The highest BCUT2D eigenvalue weighted by molar-refractivity contribution is 6.00. The maximum absolute atomic E-state index is 13.3. The van der Waals surface area contributed by atoms with Crippen LogP contribution in [0.2, 0.25) is 0 Å². The predicted molar refractivity (Wildman–Crippen MR) is 102 cm³/mol. The number of amides is 2. The standard InChI is InChI=1S/C22H20FN3O2/c1-15-13-26(19-8-2-16(12-24)3-9-19)20(27)14-25(15)21(28)22(10-11-22)17-4-6-18(23)7-5-17/h2-9,15H,10-11,13-14H2,1H3/t15-/m0/s1. The molecule has 0 bridgehead atoms. The predicted octanol–water partition coefficient (Wildman–Crippen LogP) is 2.99. The van der Waals surface area contributed by atoms with E-state index < -0.39 is 5.41 Å². The van der Waals surface area contributed by atoms with Crippen LogP contribution in [0.25, 0.3) is 0 Å². The van der Waals surface area contributed by atoms with Crippen molar-refractivity contribution in [2.24, 2.45) is 0 Å². The summed E-state index contributed by atoms with van der Waals surface area (Å²) in [6.45, 7) is 2.35. The first-order chi connectivity index (χ1) is 13.4. The number of rotatable bonds is 3. The summed E-state index contributed by atoms with van der Waals surface area (Å²) in [5.74, 6) is -0.530. The van der Waals surface area contributed by atoms with E-state index in [0.717, 1.165) is 11.3 Å². The van der Waals surface area contributed by atoms with Crippen LogP contribution in [-0.2, 0) is 15.0 Å². The summed E-state index contributed by atoms with van der Waals surface area (Å²) in [4.78, 5) is 29.3. The molecule has 4 rings (SSSR count). The lowest BCUT2D eigenvalue weighted by Gasteiger charge is -2.41. The minimum Gasteiger partial charge on any atom is -0.328 e. The van der Waals surface area contributed by atoms with Crippen LogP contribution in [-0.4, -0.2) is 35.8 Å². The van der Waals surface area contributed by atoms with Gasteiger partial charge in [0.15, 0.2) is 0 Å². The first-order valence-corrected chi connectivity index (χ1v) is 9.32. The van der Waals surface area contributed by atoms with E-state index in [0.29, 0.717) is 24.9 Å². The number of hydrogen-bond donors (Lipinski definition) is 0. The average molecular weight is 377 g/mol. The normalized spacial score (nSPS) is 20.6. The molecule has 0 aromatic heterocycles. The molecule has 2 aliphatic rings. The molecule has 5 nitrogen and oxygen atoms in total. The first kappa shape index (κ1) is 18.2. The van der Waals surface area contributed by atoms with Crippen LogP contribution in [0.4, 0.5) is 10.1 Å². The second-order valence-corrected chi connectivity index (χ2v) is 7.53. The van der Waals surface area contributed by atoms with Gasteiger partial charge in [0.05, 0.1) is 17.0 Å². The summed E-state index contributed by atoms with van der Waals surface area (Å²) in [5.41, 5.74) is 1.45. The molecule has 2 aromatic rings. The highest BCUT2D eigenvalue weighted by atomic mass is 19.1. The molecule has 2 aromatic carbocycles. The molecule has 142 valence electrons. The van der Waals surface area contributed by atoms with Gasteiger partial charge in [-0.15, -0.1) is 0 Å². The van der Waals surface area contributed by atoms with E-state index in [2.05, 4.69) is 6.07 Å². The van der Waals surface area contributed by atoms with Crippen molar-refractivity contribution in [3.8, 4) is 6.07 Å². The molecular formula is C22H20FN3O2. The highest BCUT2D eigenvalue weighted by Gasteiger charge is 2.54. The SMILES string of the molecule is C[C@H]1CN(c2ccc(C#N)cc2)C(=O)CN1C(=O)C1(c2ccc(F)cc2)CC1. The molecule has 1 aliphatic heterocycles. The fourth-order valence-corrected chi connectivity index (χ4v) is 3.88. The zero-order valence-electron chi connectivity index (χ0n) is 15.6. The van der Waals surface area contributed by atoms with Crippen LogP contribution in [0.3, 0.4) is 0 Å². The lowest BCUT2D eigenvalue weighted by molar-refractivity contribution is -0.141. The molecule has 1 saturated heterocycles. The van der Waals surface area contributed by atoms with Gasteiger partial charge < -0.3 is 9.80 Å². The van der Waals surface area contributed by atoms with E-state index in [4.69, 9.17) is 5.26 Å². The zero-order chi connectivity index (χ0) is 19.9. The number of nitriles is 1. The number of carbonyl (C=O) groups excluding carboxylic acids is 2. The molecule has 1 heterocycles. The third kappa shape index (κ3) is 3.03. The second-order valence-electron chi connectivity index (χ2n) is 7.53. The van der Waals surface area contributed by atoms with Crippen LogP contribution >= 0.6 is 0 Å². The number of hydrogen-bond acceptors (Lipinski definition) is 3. The molecule has 1 aliphatic carbocycles. The van der Waals surface area contributed by atoms with E-state index in [1.807, 2.05) is 6.92 Å². The Bertz CT molecular complexity index is 959. The quantitative estimate of drug-likeness (QED) is 0.826. The third-order valence-electron chi connectivity index (χ3n) is 5.71. The van der Waals surface area contributed by atoms with Crippen molar-refractivity contribution in [3.05, 3.63) is 65.5 Å². The maximum Gasteiger partial charge on any atom is 0.246 e. The number of benzene rings is 2. The average Bonchev–Trinajstić information content (AvgIpc) is 3.51. The topological polar surface area (TPSA) is 64.4 Å². The monoisotopic (exact) mass is 377 g/mol. The number of carbonyl (C=O) groups is 2. The van der Waals surface area contributed by atoms with Gasteiger partial charge in [-0.2, -0.15) is 5.26 Å². The van der Waals surface area contributed by atoms with Gasteiger partial charge in [-0.05, 0) is 61.7 Å². The Labute approximate surface area is 163 Å². The molecule has 0 N–H and O–H groups in total. The van der Waals surface area contributed by atoms with E-state index >= 15 is 0 Å². The van der Waals surface area contributed by atoms with Crippen LogP contribution in [0.15, 0.2) is 48.5 Å². The molecule has 2 amide bonds. The molecule has 0 radical (unpaired) electrons. The van der Waals surface area contributed by atoms with Crippen molar-refractivity contribution >= 4 is 17.5 Å². The lowest BCUT2D eigenvalue weighted by atomic mass is 9.93. The number of piperazine rings is 1. The van der Waals surface area contributed by atoms with Crippen molar-refractivity contribution in [2.75, 3.05) is 18.0 Å². The highest BCUT2D eigenvalue weighted by Crippen LogP contribution is 2.50. The summed E-state index contributed by atoms with van der Waals surface area (Å²) in [6.07, 6.45) is 1.43. The maximum atomic E-state index is 13.3. The van der Waals surface area contributed by atoms with Crippen molar-refractivity contribution < 1.29 is 14.0 Å². The molecule has 2 fully saturated rings. The van der Waals surface area contributed by atoms with Crippen molar-refractivity contribution in [3.63, 3.8) is 0 Å². The Morgan fingerprint density at radius 1 is 1.14 bits per heavy atom. The zero-order valence-corrected chi connectivity index (χ0v) is 15.6. The van der Waals surface area contributed by atoms with E-state index in [-0.39, 0.29) is 30.2 Å². The van der Waals surface area contributed by atoms with E-state index in [1.54, 1.807) is 46.2 Å². The number of halogens is 1. The van der Waals surface area contributed by atoms with Gasteiger partial charge in [-0.1, -0.05) is 12.1 Å². The van der Waals surface area contributed by atoms with Crippen LogP contribution in [0.5, 0.6) is 0 Å². The van der Waals surface area contributed by atoms with Gasteiger partial charge in [0, 0.05) is 18.3 Å². The van der Waals surface area contributed by atoms with Crippen LogP contribution < -0.4 is 4.90 Å². The second kappa shape index (κ2) is 6.75. The van der Waals surface area contributed by atoms with E-state index in [1.165, 1.54) is 12.1 Å². The Morgan fingerprint density at radius 3 is 2.36 bits per heavy atom. The molecular weight excluding hydrogens is 357 g/mol. The minimum absolute atomic E-state index is 0.0168. The molecule has 1 saturated carbocycles. The van der Waals surface area contributed by atoms with E-state index in [9.17, 15) is 14.0 Å². The van der Waals surface area contributed by atoms with Gasteiger partial charge in [-0.25, -0.2) is 4.39 Å². The Balaban J connectivity index is 1.53. The van der Waals surface area contributed by atoms with Gasteiger partial charge in [0.1, 0.15) is 12.4 Å². The molecule has 1 atom stereocenters. The largest absolute Gasteiger partial charge is 0.328 e. The van der Waals surface area contributed by atoms with Gasteiger partial charge in [-0.3, -0.25) is 9.59 Å². The smallest absolute Gasteiger partial charge is 0.246 e. The summed E-state index contributed by atoms with van der Waals surface area (Å²) < 4.78 is 13.3. The number of anilines is 1. The molecule has 28 heavy (non-hydrogen) atoms. The van der Waals surface area contributed by atoms with Crippen molar-refractivity contribution in [1.82, 2.24) is 4.90 Å². The number of nitrogens with zero attached hydrogens (tertiary/aromatic N) is 3. The summed E-state index contributed by atoms with van der Waals surface area (Å²) >= 11 is 0. The lowest BCUT2D eigenvalue weighted by Crippen LogP contribution is -2.59. The van der Waals surface area contributed by atoms with Crippen molar-refractivity contribution in [1.29, 1.82) is 5.26 Å². The molecule has 0 unspecified atom stereocenters. The molecule has 6 heteroatoms. The third-order valence-corrected chi connectivity index (χ3v) is 5.71. The summed E-state index contributed by atoms with van der Waals surface area (Å²) in [5, 5.41) is 8.92. The van der Waals surface area contributed by atoms with Crippen molar-refractivity contribution in [2.45, 2.75) is 31.2 Å². The Hall–Kier alpha value is -3.20.